The highest BCUT2D eigenvalue weighted by molar-refractivity contribution is 5.74. The van der Waals surface area contributed by atoms with Crippen molar-refractivity contribution in [3.63, 3.8) is 0 Å². The summed E-state index contributed by atoms with van der Waals surface area (Å²) in [6.45, 7) is 5.68. The highest BCUT2D eigenvalue weighted by atomic mass is 16.2. The molecule has 0 bridgehead atoms. The van der Waals surface area contributed by atoms with Gasteiger partial charge in [-0.2, -0.15) is 0 Å². The monoisotopic (exact) mass is 132 g/mol. The van der Waals surface area contributed by atoms with Gasteiger partial charge in [0.2, 0.25) is 0 Å². The molecule has 1 N–H and O–H groups in total. The molecule has 0 saturated carbocycles. The molecular formula is C7H16O2. The summed E-state index contributed by atoms with van der Waals surface area (Å²) >= 11 is 0. The van der Waals surface area contributed by atoms with E-state index in [1.165, 1.54) is 0 Å². The van der Waals surface area contributed by atoms with Gasteiger partial charge in [0.25, 0.3) is 0 Å². The van der Waals surface area contributed by atoms with Crippen LogP contribution in [0.3, 0.4) is 0 Å². The highest BCUT2D eigenvalue weighted by Gasteiger charge is 1.76. The third kappa shape index (κ3) is 35.0. The van der Waals surface area contributed by atoms with Crippen LogP contribution in [0.4, 0.5) is 0 Å². The molecule has 0 heterocycles. The van der Waals surface area contributed by atoms with Gasteiger partial charge in [0.05, 0.1) is 0 Å². The Balaban J connectivity index is 0. The first kappa shape index (κ1) is 11.4. The summed E-state index contributed by atoms with van der Waals surface area (Å²) in [5.74, 6) is 0.255. The normalized spacial score (nSPS) is 7.56. The first-order valence-electron chi connectivity index (χ1n) is 3.29. The third-order valence-corrected chi connectivity index (χ3v) is 0.721. The van der Waals surface area contributed by atoms with Gasteiger partial charge in [-0.1, -0.05) is 13.8 Å². The number of hydrogen-bond acceptors (Lipinski definition) is 2. The van der Waals surface area contributed by atoms with Gasteiger partial charge in [-0.15, -0.1) is 0 Å². The fourth-order valence-corrected chi connectivity index (χ4v) is 0. The molecule has 0 spiro atoms. The number of carbonyl (C=O) groups excluding carboxylic acids is 1. The van der Waals surface area contributed by atoms with Gasteiger partial charge in [0.15, 0.2) is 0 Å². The predicted octanol–water partition coefficient (Wildman–Crippen LogP) is 1.37. The van der Waals surface area contributed by atoms with Crippen molar-refractivity contribution < 1.29 is 9.90 Å². The molecule has 0 rings (SSSR count). The third-order valence-electron chi connectivity index (χ3n) is 0.721. The maximum atomic E-state index is 9.81. The number of ketones is 1. The molecule has 0 amide bonds. The van der Waals surface area contributed by atoms with Crippen molar-refractivity contribution in [2.75, 3.05) is 6.61 Å². The Bertz CT molecular complexity index is 57.9. The fraction of sp³-hybridized carbons (Fsp3) is 0.857. The zero-order valence-electron chi connectivity index (χ0n) is 6.48. The van der Waals surface area contributed by atoms with Crippen molar-refractivity contribution in [1.82, 2.24) is 0 Å². The molecule has 0 atom stereocenters. The van der Waals surface area contributed by atoms with Crippen LogP contribution in [0.25, 0.3) is 0 Å². The number of rotatable bonds is 2. The van der Waals surface area contributed by atoms with Gasteiger partial charge in [0.1, 0.15) is 5.78 Å². The van der Waals surface area contributed by atoms with Crippen LogP contribution in [-0.4, -0.2) is 17.5 Å². The van der Waals surface area contributed by atoms with E-state index in [9.17, 15) is 4.79 Å². The van der Waals surface area contributed by atoms with Crippen LogP contribution in [0, 0.1) is 0 Å². The molecule has 2 heteroatoms. The van der Waals surface area contributed by atoms with Gasteiger partial charge in [-0.25, -0.2) is 0 Å². The lowest BCUT2D eigenvalue weighted by Crippen LogP contribution is -1.80. The lowest BCUT2D eigenvalue weighted by atomic mass is 10.4. The lowest BCUT2D eigenvalue weighted by Gasteiger charge is -1.71. The summed E-state index contributed by atoms with van der Waals surface area (Å²) in [7, 11) is 0. The Kier molecular flexibility index (Phi) is 13.4. The average Bonchev–Trinajstić information content (AvgIpc) is 1.89. The molecule has 56 valence electrons. The van der Waals surface area contributed by atoms with E-state index in [1.807, 2.05) is 13.8 Å². The predicted molar refractivity (Wildman–Crippen MR) is 38.3 cm³/mol. The van der Waals surface area contributed by atoms with Crippen molar-refractivity contribution in [2.45, 2.75) is 33.6 Å². The maximum Gasteiger partial charge on any atom is 0.129 e. The van der Waals surface area contributed by atoms with E-state index in [2.05, 4.69) is 0 Å². The van der Waals surface area contributed by atoms with Crippen LogP contribution < -0.4 is 0 Å². The highest BCUT2D eigenvalue weighted by Crippen LogP contribution is 1.71. The fourth-order valence-electron chi connectivity index (χ4n) is 0. The molecular weight excluding hydrogens is 116 g/mol. The Morgan fingerprint density at radius 1 is 1.44 bits per heavy atom. The molecule has 2 nitrogen and oxygen atoms in total. The van der Waals surface area contributed by atoms with Gasteiger partial charge in [-0.05, 0) is 13.3 Å². The van der Waals surface area contributed by atoms with Gasteiger partial charge in [-0.3, -0.25) is 0 Å². The molecule has 9 heavy (non-hydrogen) atoms. The average molecular weight is 132 g/mol. The number of aliphatic hydroxyl groups is 1. The zero-order chi connectivity index (χ0) is 7.70. The zero-order valence-corrected chi connectivity index (χ0v) is 6.48. The van der Waals surface area contributed by atoms with Crippen molar-refractivity contribution in [1.29, 1.82) is 0 Å². The molecule has 0 aliphatic carbocycles. The van der Waals surface area contributed by atoms with E-state index in [4.69, 9.17) is 5.11 Å². The Labute approximate surface area is 56.9 Å². The molecule has 0 aliphatic heterocycles. The summed E-state index contributed by atoms with van der Waals surface area (Å²) < 4.78 is 0. The summed E-state index contributed by atoms with van der Waals surface area (Å²) in [5.41, 5.74) is 0. The van der Waals surface area contributed by atoms with Crippen LogP contribution in [0.15, 0.2) is 0 Å². The van der Waals surface area contributed by atoms with Crippen LogP contribution >= 0.6 is 0 Å². The van der Waals surface area contributed by atoms with E-state index >= 15 is 0 Å². The van der Waals surface area contributed by atoms with Crippen molar-refractivity contribution >= 4 is 5.78 Å². The molecule has 0 aromatic carbocycles. The quantitative estimate of drug-likeness (QED) is 0.616. The van der Waals surface area contributed by atoms with Crippen LogP contribution in [-0.2, 0) is 4.79 Å². The number of carbonyl (C=O) groups is 1. The van der Waals surface area contributed by atoms with E-state index < -0.39 is 0 Å². The van der Waals surface area contributed by atoms with E-state index in [-0.39, 0.29) is 5.78 Å². The Morgan fingerprint density at radius 2 is 1.67 bits per heavy atom. The second-order valence-electron chi connectivity index (χ2n) is 1.78. The molecule has 0 fully saturated rings. The SMILES string of the molecule is CCC(C)=O.CCCO. The van der Waals surface area contributed by atoms with Crippen LogP contribution in [0.5, 0.6) is 0 Å². The van der Waals surface area contributed by atoms with E-state index in [1.54, 1.807) is 6.92 Å². The topological polar surface area (TPSA) is 37.3 Å². The second-order valence-corrected chi connectivity index (χ2v) is 1.78. The lowest BCUT2D eigenvalue weighted by molar-refractivity contribution is -0.116. The van der Waals surface area contributed by atoms with Crippen LogP contribution in [0.2, 0.25) is 0 Å². The summed E-state index contributed by atoms with van der Waals surface area (Å²) in [6, 6.07) is 0. The number of hydrogen-bond donors (Lipinski definition) is 1. The minimum atomic E-state index is 0.255. The van der Waals surface area contributed by atoms with Gasteiger partial charge < -0.3 is 9.90 Å². The van der Waals surface area contributed by atoms with Crippen LogP contribution in [0.1, 0.15) is 33.6 Å². The molecule has 0 aromatic rings. The van der Waals surface area contributed by atoms with E-state index in [0.717, 1.165) is 6.42 Å². The van der Waals surface area contributed by atoms with E-state index in [0.29, 0.717) is 13.0 Å². The van der Waals surface area contributed by atoms with Gasteiger partial charge >= 0.3 is 0 Å². The summed E-state index contributed by atoms with van der Waals surface area (Å²) in [6.07, 6.45) is 1.54. The molecule has 0 unspecified atom stereocenters. The van der Waals surface area contributed by atoms with Crippen molar-refractivity contribution in [3.05, 3.63) is 0 Å². The molecule has 0 aromatic heterocycles. The Hall–Kier alpha value is -0.370. The minimum absolute atomic E-state index is 0.255. The number of aliphatic hydroxyl groups excluding tert-OH is 1. The standard InChI is InChI=1S/C4H8O.C3H8O/c1-3-4(2)5;1-2-3-4/h3H2,1-2H3;4H,2-3H2,1H3. The van der Waals surface area contributed by atoms with Crippen molar-refractivity contribution in [2.24, 2.45) is 0 Å². The largest absolute Gasteiger partial charge is 0.396 e. The molecule has 0 aliphatic rings. The number of Topliss-reactive ketones (excluding diaryl/α,β-unsaturated/α-hetero) is 1. The minimum Gasteiger partial charge on any atom is -0.396 e. The summed E-state index contributed by atoms with van der Waals surface area (Å²) in [5, 5.41) is 7.88. The second kappa shape index (κ2) is 10.6. The van der Waals surface area contributed by atoms with Crippen molar-refractivity contribution in [3.8, 4) is 0 Å². The van der Waals surface area contributed by atoms with Gasteiger partial charge in [0, 0.05) is 13.0 Å². The maximum absolute atomic E-state index is 9.81. The first-order valence-corrected chi connectivity index (χ1v) is 3.29. The molecule has 0 radical (unpaired) electrons. The Morgan fingerprint density at radius 3 is 1.67 bits per heavy atom. The molecule has 0 saturated heterocycles. The summed E-state index contributed by atoms with van der Waals surface area (Å²) in [4.78, 5) is 9.81. The smallest absolute Gasteiger partial charge is 0.129 e. The first-order chi connectivity index (χ1) is 4.18.